The van der Waals surface area contributed by atoms with Crippen molar-refractivity contribution >= 4 is 34.8 Å². The van der Waals surface area contributed by atoms with E-state index in [0.29, 0.717) is 48.1 Å². The molecule has 1 N–H and O–H groups in total. The van der Waals surface area contributed by atoms with E-state index < -0.39 is 0 Å². The number of halogens is 2. The zero-order valence-electron chi connectivity index (χ0n) is 14.7. The summed E-state index contributed by atoms with van der Waals surface area (Å²) in [5, 5.41) is 3.22. The lowest BCUT2D eigenvalue weighted by Crippen LogP contribution is -2.24. The van der Waals surface area contributed by atoms with E-state index in [1.807, 2.05) is 0 Å². The number of nitrogens with one attached hydrogen (secondary N) is 1. The van der Waals surface area contributed by atoms with E-state index in [1.165, 1.54) is 12.1 Å². The minimum Gasteiger partial charge on any atom is -0.494 e. The highest BCUT2D eigenvalue weighted by atomic mass is 35.5. The molecule has 5 nitrogen and oxygen atoms in total. The summed E-state index contributed by atoms with van der Waals surface area (Å²) in [4.78, 5) is 25.5. The van der Waals surface area contributed by atoms with E-state index in [9.17, 15) is 14.0 Å². The number of nitrogens with zero attached hydrogens (tertiary/aromatic N) is 1. The van der Waals surface area contributed by atoms with Crippen molar-refractivity contribution in [1.29, 1.82) is 0 Å². The summed E-state index contributed by atoms with van der Waals surface area (Å²) in [6.45, 7) is 1.02. The molecule has 2 amide bonds. The lowest BCUT2D eigenvalue weighted by Gasteiger charge is -2.18. The third-order valence-corrected chi connectivity index (χ3v) is 4.53. The number of hydrogen-bond acceptors (Lipinski definition) is 3. The molecule has 0 atom stereocenters. The van der Waals surface area contributed by atoms with Crippen LogP contribution in [0.15, 0.2) is 42.5 Å². The van der Waals surface area contributed by atoms with E-state index in [4.69, 9.17) is 16.3 Å². The summed E-state index contributed by atoms with van der Waals surface area (Å²) in [5.41, 5.74) is 1.25. The Hall–Kier alpha value is -2.60. The van der Waals surface area contributed by atoms with Crippen molar-refractivity contribution in [2.75, 3.05) is 23.4 Å². The first-order chi connectivity index (χ1) is 13.0. The van der Waals surface area contributed by atoms with Gasteiger partial charge in [0.25, 0.3) is 0 Å². The Kier molecular flexibility index (Phi) is 6.29. The molecule has 1 aliphatic heterocycles. The van der Waals surface area contributed by atoms with Crippen molar-refractivity contribution in [1.82, 2.24) is 0 Å². The summed E-state index contributed by atoms with van der Waals surface area (Å²) in [6.07, 6.45) is 2.17. The van der Waals surface area contributed by atoms with Crippen molar-refractivity contribution in [3.8, 4) is 5.75 Å². The lowest BCUT2D eigenvalue weighted by molar-refractivity contribution is -0.117. The SMILES string of the molecule is O=C(CCCOc1ccc(F)cc1)Nc1ccc(N2CCCC2=O)c(Cl)c1. The maximum absolute atomic E-state index is 12.8. The maximum atomic E-state index is 12.8. The van der Waals surface area contributed by atoms with Crippen molar-refractivity contribution in [3.05, 3.63) is 53.3 Å². The molecular formula is C20H20ClFN2O3. The molecule has 3 rings (SSSR count). The number of carbonyl (C=O) groups excluding carboxylic acids is 2. The fraction of sp³-hybridized carbons (Fsp3) is 0.300. The molecule has 27 heavy (non-hydrogen) atoms. The normalized spacial score (nSPS) is 13.7. The van der Waals surface area contributed by atoms with Crippen LogP contribution in [0, 0.1) is 5.82 Å². The number of carbonyl (C=O) groups is 2. The summed E-state index contributed by atoms with van der Waals surface area (Å²) in [6, 6.07) is 10.9. The van der Waals surface area contributed by atoms with Gasteiger partial charge in [-0.05, 0) is 55.3 Å². The fourth-order valence-electron chi connectivity index (χ4n) is 2.88. The first-order valence-corrected chi connectivity index (χ1v) is 9.19. The summed E-state index contributed by atoms with van der Waals surface area (Å²) < 4.78 is 18.3. The number of anilines is 2. The largest absolute Gasteiger partial charge is 0.494 e. The van der Waals surface area contributed by atoms with Crippen LogP contribution < -0.4 is 15.0 Å². The number of amides is 2. The predicted octanol–water partition coefficient (Wildman–Crippen LogP) is 4.40. The molecule has 0 radical (unpaired) electrons. The number of rotatable bonds is 7. The monoisotopic (exact) mass is 390 g/mol. The zero-order chi connectivity index (χ0) is 19.2. The quantitative estimate of drug-likeness (QED) is 0.713. The Morgan fingerprint density at radius 2 is 2.00 bits per heavy atom. The molecular weight excluding hydrogens is 371 g/mol. The predicted molar refractivity (Wildman–Crippen MR) is 103 cm³/mol. The molecule has 1 heterocycles. The molecule has 0 bridgehead atoms. The molecule has 1 saturated heterocycles. The molecule has 1 aliphatic rings. The Morgan fingerprint density at radius 3 is 2.67 bits per heavy atom. The number of hydrogen-bond donors (Lipinski definition) is 1. The van der Waals surface area contributed by atoms with E-state index in [1.54, 1.807) is 35.2 Å². The van der Waals surface area contributed by atoms with E-state index in [-0.39, 0.29) is 24.1 Å². The van der Waals surface area contributed by atoms with Gasteiger partial charge in [0.05, 0.1) is 17.3 Å². The van der Waals surface area contributed by atoms with Crippen LogP contribution in [0.5, 0.6) is 5.75 Å². The van der Waals surface area contributed by atoms with Crippen molar-refractivity contribution in [2.45, 2.75) is 25.7 Å². The first-order valence-electron chi connectivity index (χ1n) is 8.81. The second-order valence-corrected chi connectivity index (χ2v) is 6.68. The van der Waals surface area contributed by atoms with Crippen LogP contribution >= 0.6 is 11.6 Å². The first kappa shape index (κ1) is 19.2. The van der Waals surface area contributed by atoms with Crippen molar-refractivity contribution in [3.63, 3.8) is 0 Å². The van der Waals surface area contributed by atoms with Gasteiger partial charge in [-0.2, -0.15) is 0 Å². The van der Waals surface area contributed by atoms with Crippen LogP contribution in [-0.2, 0) is 9.59 Å². The molecule has 1 fully saturated rings. The van der Waals surface area contributed by atoms with Gasteiger partial charge in [-0.3, -0.25) is 9.59 Å². The fourth-order valence-corrected chi connectivity index (χ4v) is 3.17. The number of ether oxygens (including phenoxy) is 1. The van der Waals surface area contributed by atoms with Gasteiger partial charge in [-0.15, -0.1) is 0 Å². The average Bonchev–Trinajstić information content (AvgIpc) is 3.06. The van der Waals surface area contributed by atoms with Crippen LogP contribution in [-0.4, -0.2) is 25.0 Å². The minimum atomic E-state index is -0.319. The average molecular weight is 391 g/mol. The Morgan fingerprint density at radius 1 is 1.22 bits per heavy atom. The smallest absolute Gasteiger partial charge is 0.227 e. The number of benzene rings is 2. The van der Waals surface area contributed by atoms with E-state index >= 15 is 0 Å². The Balaban J connectivity index is 1.45. The summed E-state index contributed by atoms with van der Waals surface area (Å²) >= 11 is 6.27. The van der Waals surface area contributed by atoms with Crippen LogP contribution in [0.2, 0.25) is 5.02 Å². The van der Waals surface area contributed by atoms with E-state index in [0.717, 1.165) is 6.42 Å². The van der Waals surface area contributed by atoms with Crippen molar-refractivity contribution in [2.24, 2.45) is 0 Å². The van der Waals surface area contributed by atoms with Gasteiger partial charge in [0.15, 0.2) is 0 Å². The summed E-state index contributed by atoms with van der Waals surface area (Å²) in [7, 11) is 0. The molecule has 0 unspecified atom stereocenters. The molecule has 2 aromatic rings. The maximum Gasteiger partial charge on any atom is 0.227 e. The van der Waals surface area contributed by atoms with Gasteiger partial charge in [0.2, 0.25) is 11.8 Å². The molecule has 7 heteroatoms. The highest BCUT2D eigenvalue weighted by Gasteiger charge is 2.23. The van der Waals surface area contributed by atoms with Gasteiger partial charge in [-0.25, -0.2) is 4.39 Å². The topological polar surface area (TPSA) is 58.6 Å². The molecule has 142 valence electrons. The standard InChI is InChI=1S/C20H20ClFN2O3/c21-17-13-15(7-10-18(17)24-11-1-4-20(24)26)23-19(25)3-2-12-27-16-8-5-14(22)6-9-16/h5-10,13H,1-4,11-12H2,(H,23,25). The Labute approximate surface area is 162 Å². The van der Waals surface area contributed by atoms with Gasteiger partial charge < -0.3 is 15.0 Å². The van der Waals surface area contributed by atoms with E-state index in [2.05, 4.69) is 5.32 Å². The molecule has 0 saturated carbocycles. The van der Waals surface area contributed by atoms with Crippen LogP contribution in [0.3, 0.4) is 0 Å². The van der Waals surface area contributed by atoms with Crippen LogP contribution in [0.1, 0.15) is 25.7 Å². The zero-order valence-corrected chi connectivity index (χ0v) is 15.5. The summed E-state index contributed by atoms with van der Waals surface area (Å²) in [5.74, 6) is 0.157. The second kappa shape index (κ2) is 8.86. The van der Waals surface area contributed by atoms with Crippen LogP contribution in [0.25, 0.3) is 0 Å². The van der Waals surface area contributed by atoms with Gasteiger partial charge >= 0.3 is 0 Å². The van der Waals surface area contributed by atoms with Crippen LogP contribution in [0.4, 0.5) is 15.8 Å². The highest BCUT2D eigenvalue weighted by Crippen LogP contribution is 2.31. The van der Waals surface area contributed by atoms with Crippen molar-refractivity contribution < 1.29 is 18.7 Å². The minimum absolute atomic E-state index is 0.0647. The molecule has 0 spiro atoms. The van der Waals surface area contributed by atoms with Gasteiger partial charge in [0.1, 0.15) is 11.6 Å². The lowest BCUT2D eigenvalue weighted by atomic mass is 10.2. The van der Waals surface area contributed by atoms with Gasteiger partial charge in [-0.1, -0.05) is 11.6 Å². The third kappa shape index (κ3) is 5.20. The second-order valence-electron chi connectivity index (χ2n) is 6.27. The Bertz CT molecular complexity index is 826. The molecule has 2 aromatic carbocycles. The third-order valence-electron chi connectivity index (χ3n) is 4.23. The highest BCUT2D eigenvalue weighted by molar-refractivity contribution is 6.34. The van der Waals surface area contributed by atoms with Gasteiger partial charge in [0, 0.05) is 25.1 Å². The molecule has 0 aliphatic carbocycles. The molecule has 0 aromatic heterocycles.